The molecule has 1 aliphatic heterocycles. The first-order valence-electron chi connectivity index (χ1n) is 8.75. The summed E-state index contributed by atoms with van der Waals surface area (Å²) in [6.45, 7) is 4.23. The predicted octanol–water partition coefficient (Wildman–Crippen LogP) is 0.877. The Balaban J connectivity index is 1.75. The van der Waals surface area contributed by atoms with E-state index in [-0.39, 0.29) is 12.5 Å². The molecule has 24 heavy (non-hydrogen) atoms. The fraction of sp³-hybridized carbons (Fsp3) is 0.611. The maximum Gasteiger partial charge on any atom is 0.218 e. The van der Waals surface area contributed by atoms with Crippen molar-refractivity contribution >= 4 is 5.91 Å². The largest absolute Gasteiger partial charge is 0.491 e. The average Bonchev–Trinajstić information content (AvgIpc) is 2.58. The fourth-order valence-electron chi connectivity index (χ4n) is 2.90. The first-order valence-corrected chi connectivity index (χ1v) is 8.75. The summed E-state index contributed by atoms with van der Waals surface area (Å²) in [6, 6.07) is 7.74. The summed E-state index contributed by atoms with van der Waals surface area (Å²) in [4.78, 5) is 13.0. The number of para-hydroxylation sites is 1. The summed E-state index contributed by atoms with van der Waals surface area (Å²) >= 11 is 0. The van der Waals surface area contributed by atoms with Gasteiger partial charge in [-0.2, -0.15) is 0 Å². The Kier molecular flexibility index (Phi) is 8.01. The van der Waals surface area contributed by atoms with Gasteiger partial charge >= 0.3 is 0 Å². The number of amides is 1. The van der Waals surface area contributed by atoms with Crippen molar-refractivity contribution in [1.29, 1.82) is 0 Å². The lowest BCUT2D eigenvalue weighted by Gasteiger charge is -2.28. The van der Waals surface area contributed by atoms with Gasteiger partial charge in [0, 0.05) is 31.6 Å². The Labute approximate surface area is 144 Å². The van der Waals surface area contributed by atoms with Gasteiger partial charge in [0.05, 0.1) is 0 Å². The Morgan fingerprint density at radius 3 is 2.79 bits per heavy atom. The normalized spacial score (nSPS) is 16.7. The lowest BCUT2D eigenvalue weighted by Crippen LogP contribution is -2.38. The first-order chi connectivity index (χ1) is 11.6. The van der Waals surface area contributed by atoms with Crippen molar-refractivity contribution in [2.45, 2.75) is 38.3 Å². The number of likely N-dealkylation sites (tertiary alicyclic amines) is 1. The number of nitrogens with zero attached hydrogens (tertiary/aromatic N) is 1. The molecule has 0 radical (unpaired) electrons. The number of nitrogens with two attached hydrogens (primary N) is 1. The highest BCUT2D eigenvalue weighted by molar-refractivity contribution is 5.73. The molecular formula is C18H29N3O3. The van der Waals surface area contributed by atoms with Crippen LogP contribution in [0.1, 0.15) is 31.2 Å². The van der Waals surface area contributed by atoms with Gasteiger partial charge in [-0.1, -0.05) is 24.6 Å². The van der Waals surface area contributed by atoms with Crippen molar-refractivity contribution in [2.24, 2.45) is 5.73 Å². The van der Waals surface area contributed by atoms with Crippen LogP contribution < -0.4 is 15.8 Å². The molecular weight excluding hydrogens is 306 g/mol. The Morgan fingerprint density at radius 2 is 2.04 bits per heavy atom. The molecule has 6 heteroatoms. The van der Waals surface area contributed by atoms with Crippen molar-refractivity contribution in [3.8, 4) is 5.75 Å². The van der Waals surface area contributed by atoms with Gasteiger partial charge in [0.15, 0.2) is 0 Å². The molecule has 1 heterocycles. The number of rotatable bonds is 10. The molecule has 1 aliphatic rings. The highest BCUT2D eigenvalue weighted by Gasteiger charge is 2.15. The van der Waals surface area contributed by atoms with Crippen LogP contribution >= 0.6 is 0 Å². The number of benzene rings is 1. The van der Waals surface area contributed by atoms with Crippen LogP contribution in [0.4, 0.5) is 0 Å². The third kappa shape index (κ3) is 6.86. The number of hydrogen-bond acceptors (Lipinski definition) is 5. The molecule has 4 N–H and O–H groups in total. The van der Waals surface area contributed by atoms with Gasteiger partial charge in [-0.05, 0) is 32.0 Å². The van der Waals surface area contributed by atoms with Crippen LogP contribution in [0.5, 0.6) is 5.75 Å². The Morgan fingerprint density at radius 1 is 1.29 bits per heavy atom. The highest BCUT2D eigenvalue weighted by Crippen LogP contribution is 2.18. The molecule has 1 fully saturated rings. The fourth-order valence-corrected chi connectivity index (χ4v) is 2.90. The third-order valence-electron chi connectivity index (χ3n) is 4.19. The molecule has 0 spiro atoms. The minimum absolute atomic E-state index is 0.287. The molecule has 0 aromatic heterocycles. The molecule has 2 rings (SSSR count). The van der Waals surface area contributed by atoms with Gasteiger partial charge in [0.2, 0.25) is 5.91 Å². The summed E-state index contributed by atoms with van der Waals surface area (Å²) < 4.78 is 5.81. The SMILES string of the molecule is NC(=O)CCNCc1ccccc1OCC(O)CN1CCCCC1. The lowest BCUT2D eigenvalue weighted by atomic mass is 10.1. The van der Waals surface area contributed by atoms with Gasteiger partial charge in [0.1, 0.15) is 18.5 Å². The minimum atomic E-state index is -0.487. The number of β-amino-alcohol motifs (C(OH)–C–C–N with tert-alkyl or cyclic N) is 1. The lowest BCUT2D eigenvalue weighted by molar-refractivity contribution is -0.117. The number of hydrogen-bond donors (Lipinski definition) is 3. The summed E-state index contributed by atoms with van der Waals surface area (Å²) in [5.41, 5.74) is 6.13. The van der Waals surface area contributed by atoms with E-state index in [1.165, 1.54) is 19.3 Å². The summed E-state index contributed by atoms with van der Waals surface area (Å²) in [5, 5.41) is 13.4. The van der Waals surface area contributed by atoms with Gasteiger partial charge in [-0.25, -0.2) is 0 Å². The standard InChI is InChI=1S/C18H29N3O3/c19-18(23)8-9-20-12-15-6-2-3-7-17(15)24-14-16(22)13-21-10-4-1-5-11-21/h2-3,6-7,16,20,22H,1,4-5,8-14H2,(H2,19,23). The van der Waals surface area contributed by atoms with E-state index in [1.54, 1.807) is 0 Å². The molecule has 1 amide bonds. The van der Waals surface area contributed by atoms with Gasteiger partial charge in [0.25, 0.3) is 0 Å². The zero-order chi connectivity index (χ0) is 17.2. The molecule has 1 aromatic rings. The Hall–Kier alpha value is -1.63. The van der Waals surface area contributed by atoms with Crippen LogP contribution in [0.2, 0.25) is 0 Å². The van der Waals surface area contributed by atoms with Crippen molar-refractivity contribution in [1.82, 2.24) is 10.2 Å². The molecule has 6 nitrogen and oxygen atoms in total. The second-order valence-corrected chi connectivity index (χ2v) is 6.33. The second-order valence-electron chi connectivity index (χ2n) is 6.33. The van der Waals surface area contributed by atoms with Gasteiger partial charge < -0.3 is 25.8 Å². The summed E-state index contributed by atoms with van der Waals surface area (Å²) in [7, 11) is 0. The van der Waals surface area contributed by atoms with Crippen molar-refractivity contribution < 1.29 is 14.6 Å². The average molecular weight is 335 g/mol. The van der Waals surface area contributed by atoms with E-state index in [0.29, 0.717) is 26.1 Å². The van der Waals surface area contributed by atoms with E-state index in [2.05, 4.69) is 10.2 Å². The molecule has 134 valence electrons. The van der Waals surface area contributed by atoms with Crippen LogP contribution in [0.3, 0.4) is 0 Å². The number of piperidine rings is 1. The maximum atomic E-state index is 10.7. The van der Waals surface area contributed by atoms with Crippen molar-refractivity contribution in [2.75, 3.05) is 32.8 Å². The topological polar surface area (TPSA) is 87.8 Å². The van der Waals surface area contributed by atoms with Crippen LogP contribution in [-0.4, -0.2) is 54.8 Å². The third-order valence-corrected chi connectivity index (χ3v) is 4.19. The van der Waals surface area contributed by atoms with E-state index in [9.17, 15) is 9.90 Å². The molecule has 1 atom stereocenters. The van der Waals surface area contributed by atoms with E-state index < -0.39 is 6.10 Å². The highest BCUT2D eigenvalue weighted by atomic mass is 16.5. The second kappa shape index (κ2) is 10.3. The zero-order valence-corrected chi connectivity index (χ0v) is 14.2. The Bertz CT molecular complexity index is 504. The monoisotopic (exact) mass is 335 g/mol. The van der Waals surface area contributed by atoms with E-state index >= 15 is 0 Å². The van der Waals surface area contributed by atoms with E-state index in [0.717, 1.165) is 24.4 Å². The van der Waals surface area contributed by atoms with Crippen LogP contribution in [-0.2, 0) is 11.3 Å². The van der Waals surface area contributed by atoms with Crippen LogP contribution in [0.15, 0.2) is 24.3 Å². The molecule has 1 unspecified atom stereocenters. The predicted molar refractivity (Wildman–Crippen MR) is 93.8 cm³/mol. The molecule has 0 aliphatic carbocycles. The smallest absolute Gasteiger partial charge is 0.218 e. The summed E-state index contributed by atoms with van der Waals surface area (Å²) in [6.07, 6.45) is 3.55. The van der Waals surface area contributed by atoms with Gasteiger partial charge in [-0.3, -0.25) is 4.79 Å². The molecule has 0 bridgehead atoms. The number of nitrogens with one attached hydrogen (secondary N) is 1. The van der Waals surface area contributed by atoms with E-state index in [1.807, 2.05) is 24.3 Å². The quantitative estimate of drug-likeness (QED) is 0.553. The maximum absolute atomic E-state index is 10.7. The number of aliphatic hydroxyl groups excluding tert-OH is 1. The molecule has 1 aromatic carbocycles. The number of carbonyl (C=O) groups excluding carboxylic acids is 1. The number of aliphatic hydroxyl groups is 1. The minimum Gasteiger partial charge on any atom is -0.491 e. The van der Waals surface area contributed by atoms with Crippen molar-refractivity contribution in [3.05, 3.63) is 29.8 Å². The van der Waals surface area contributed by atoms with Crippen LogP contribution in [0, 0.1) is 0 Å². The summed E-state index contributed by atoms with van der Waals surface area (Å²) in [5.74, 6) is 0.453. The molecule has 1 saturated heterocycles. The van der Waals surface area contributed by atoms with Gasteiger partial charge in [-0.15, -0.1) is 0 Å². The zero-order valence-electron chi connectivity index (χ0n) is 14.2. The van der Waals surface area contributed by atoms with Crippen molar-refractivity contribution in [3.63, 3.8) is 0 Å². The number of carbonyl (C=O) groups is 1. The van der Waals surface area contributed by atoms with E-state index in [4.69, 9.17) is 10.5 Å². The number of primary amides is 1. The molecule has 0 saturated carbocycles. The van der Waals surface area contributed by atoms with Crippen LogP contribution in [0.25, 0.3) is 0 Å². The number of ether oxygens (including phenoxy) is 1. The first kappa shape index (κ1) is 18.7.